The van der Waals surface area contributed by atoms with Gasteiger partial charge >= 0.3 is 5.97 Å². The van der Waals surface area contributed by atoms with Crippen LogP contribution in [0.25, 0.3) is 11.5 Å². The molecule has 0 saturated carbocycles. The lowest BCUT2D eigenvalue weighted by molar-refractivity contribution is -0.154. The predicted octanol–water partition coefficient (Wildman–Crippen LogP) is 4.26. The SMILES string of the molecule is CCc1ccc(N2CC(C(=O)OC(C)c3nnc(-c4ccc(C)cc4)o3)CC2=O)cc1. The maximum absolute atomic E-state index is 12.7. The highest BCUT2D eigenvalue weighted by Gasteiger charge is 2.37. The van der Waals surface area contributed by atoms with Crippen molar-refractivity contribution in [3.63, 3.8) is 0 Å². The number of anilines is 1. The fraction of sp³-hybridized carbons (Fsp3) is 0.333. The Morgan fingerprint density at radius 3 is 2.55 bits per heavy atom. The quantitative estimate of drug-likeness (QED) is 0.555. The lowest BCUT2D eigenvalue weighted by Crippen LogP contribution is -2.26. The number of hydrogen-bond acceptors (Lipinski definition) is 6. The molecular weight excluding hydrogens is 394 g/mol. The summed E-state index contributed by atoms with van der Waals surface area (Å²) < 4.78 is 11.2. The Morgan fingerprint density at radius 1 is 1.16 bits per heavy atom. The van der Waals surface area contributed by atoms with Crippen molar-refractivity contribution >= 4 is 17.6 Å². The highest BCUT2D eigenvalue weighted by molar-refractivity contribution is 5.99. The summed E-state index contributed by atoms with van der Waals surface area (Å²) in [5, 5.41) is 8.07. The number of amides is 1. The molecule has 2 atom stereocenters. The van der Waals surface area contributed by atoms with Gasteiger partial charge in [-0.15, -0.1) is 10.2 Å². The summed E-state index contributed by atoms with van der Waals surface area (Å²) in [6, 6.07) is 15.5. The first-order chi connectivity index (χ1) is 14.9. The van der Waals surface area contributed by atoms with Gasteiger partial charge in [0.15, 0.2) is 6.10 Å². The molecule has 1 saturated heterocycles. The number of carbonyl (C=O) groups excluding carboxylic acids is 2. The van der Waals surface area contributed by atoms with Crippen LogP contribution in [0.15, 0.2) is 52.9 Å². The number of esters is 1. The van der Waals surface area contributed by atoms with Gasteiger partial charge < -0.3 is 14.1 Å². The number of aryl methyl sites for hydroxylation is 2. The number of aromatic nitrogens is 2. The molecule has 1 amide bonds. The van der Waals surface area contributed by atoms with Gasteiger partial charge in [-0.25, -0.2) is 0 Å². The van der Waals surface area contributed by atoms with Gasteiger partial charge in [-0.2, -0.15) is 0 Å². The summed E-state index contributed by atoms with van der Waals surface area (Å²) in [6.07, 6.45) is 0.356. The molecule has 1 fully saturated rings. The Labute approximate surface area is 181 Å². The predicted molar refractivity (Wildman–Crippen MR) is 115 cm³/mol. The molecule has 0 aliphatic carbocycles. The van der Waals surface area contributed by atoms with Crippen LogP contribution in [0.3, 0.4) is 0 Å². The summed E-state index contributed by atoms with van der Waals surface area (Å²) in [5.74, 6) is -0.460. The zero-order chi connectivity index (χ0) is 22.0. The van der Waals surface area contributed by atoms with Crippen LogP contribution < -0.4 is 4.90 Å². The molecule has 0 spiro atoms. The highest BCUT2D eigenvalue weighted by Crippen LogP contribution is 2.28. The van der Waals surface area contributed by atoms with Crippen LogP contribution in [-0.4, -0.2) is 28.6 Å². The standard InChI is InChI=1S/C24H25N3O4/c1-4-17-7-11-20(12-8-17)27-14-19(13-21(27)28)24(29)30-16(3)22-25-26-23(31-22)18-9-5-15(2)6-10-18/h5-12,16,19H,4,13-14H2,1-3H3. The topological polar surface area (TPSA) is 85.5 Å². The van der Waals surface area contributed by atoms with Crippen LogP contribution in [0.1, 0.15) is 43.4 Å². The van der Waals surface area contributed by atoms with Gasteiger partial charge in [-0.1, -0.05) is 36.8 Å². The fourth-order valence-electron chi connectivity index (χ4n) is 3.56. The summed E-state index contributed by atoms with van der Waals surface area (Å²) in [4.78, 5) is 26.8. The third kappa shape index (κ3) is 4.50. The van der Waals surface area contributed by atoms with E-state index in [4.69, 9.17) is 9.15 Å². The smallest absolute Gasteiger partial charge is 0.312 e. The Bertz CT molecular complexity index is 1070. The second-order valence-corrected chi connectivity index (χ2v) is 7.82. The molecule has 4 rings (SSSR count). The maximum atomic E-state index is 12.7. The molecule has 7 heteroatoms. The van der Waals surface area contributed by atoms with Gasteiger partial charge in [-0.05, 0) is 50.1 Å². The Balaban J connectivity index is 1.39. The molecule has 160 valence electrons. The summed E-state index contributed by atoms with van der Waals surface area (Å²) in [5.41, 5.74) is 3.93. The molecule has 1 aliphatic rings. The summed E-state index contributed by atoms with van der Waals surface area (Å²) >= 11 is 0. The normalized spacial score (nSPS) is 17.1. The van der Waals surface area contributed by atoms with Crippen LogP contribution in [0, 0.1) is 12.8 Å². The number of benzene rings is 2. The molecule has 0 N–H and O–H groups in total. The molecule has 7 nitrogen and oxygen atoms in total. The lowest BCUT2D eigenvalue weighted by atomic mass is 10.1. The van der Waals surface area contributed by atoms with Crippen molar-refractivity contribution in [2.24, 2.45) is 5.92 Å². The first-order valence-corrected chi connectivity index (χ1v) is 10.4. The van der Waals surface area contributed by atoms with Gasteiger partial charge in [0.2, 0.25) is 11.8 Å². The van der Waals surface area contributed by atoms with Crippen LogP contribution in [0.2, 0.25) is 0 Å². The Morgan fingerprint density at radius 2 is 1.87 bits per heavy atom. The van der Waals surface area contributed by atoms with E-state index < -0.39 is 18.0 Å². The minimum Gasteiger partial charge on any atom is -0.452 e. The lowest BCUT2D eigenvalue weighted by Gasteiger charge is -2.17. The van der Waals surface area contributed by atoms with Crippen molar-refractivity contribution < 1.29 is 18.7 Å². The van der Waals surface area contributed by atoms with Gasteiger partial charge in [0.1, 0.15) is 0 Å². The van der Waals surface area contributed by atoms with Crippen molar-refractivity contribution in [3.05, 3.63) is 65.5 Å². The summed E-state index contributed by atoms with van der Waals surface area (Å²) in [7, 11) is 0. The van der Waals surface area contributed by atoms with Gasteiger partial charge in [-0.3, -0.25) is 9.59 Å². The number of rotatable bonds is 6. The third-order valence-electron chi connectivity index (χ3n) is 5.49. The number of ether oxygens (including phenoxy) is 1. The third-order valence-corrected chi connectivity index (χ3v) is 5.49. The van der Waals surface area contributed by atoms with E-state index in [1.54, 1.807) is 11.8 Å². The second kappa shape index (κ2) is 8.71. The number of nitrogens with zero attached hydrogens (tertiary/aromatic N) is 3. The van der Waals surface area contributed by atoms with Gasteiger partial charge in [0.05, 0.1) is 5.92 Å². The molecule has 2 heterocycles. The van der Waals surface area contributed by atoms with E-state index in [0.29, 0.717) is 12.4 Å². The molecule has 1 aromatic heterocycles. The van der Waals surface area contributed by atoms with Crippen molar-refractivity contribution in [1.29, 1.82) is 0 Å². The van der Waals surface area contributed by atoms with Crippen molar-refractivity contribution in [2.45, 2.75) is 39.7 Å². The minimum absolute atomic E-state index is 0.0849. The molecule has 31 heavy (non-hydrogen) atoms. The van der Waals surface area contributed by atoms with E-state index in [9.17, 15) is 9.59 Å². The Kier molecular flexibility index (Phi) is 5.84. The number of hydrogen-bond donors (Lipinski definition) is 0. The van der Waals surface area contributed by atoms with Crippen LogP contribution in [0.4, 0.5) is 5.69 Å². The Hall–Kier alpha value is -3.48. The molecule has 0 bridgehead atoms. The van der Waals surface area contributed by atoms with Crippen molar-refractivity contribution in [2.75, 3.05) is 11.4 Å². The van der Waals surface area contributed by atoms with E-state index in [0.717, 1.165) is 23.2 Å². The zero-order valence-corrected chi connectivity index (χ0v) is 17.9. The second-order valence-electron chi connectivity index (χ2n) is 7.82. The van der Waals surface area contributed by atoms with E-state index >= 15 is 0 Å². The average molecular weight is 419 g/mol. The van der Waals surface area contributed by atoms with Crippen LogP contribution in [0.5, 0.6) is 0 Å². The van der Waals surface area contributed by atoms with Crippen molar-refractivity contribution in [3.8, 4) is 11.5 Å². The van der Waals surface area contributed by atoms with Crippen LogP contribution >= 0.6 is 0 Å². The molecule has 2 aromatic carbocycles. The van der Waals surface area contributed by atoms with E-state index in [1.165, 1.54) is 5.56 Å². The first-order valence-electron chi connectivity index (χ1n) is 10.4. The minimum atomic E-state index is -0.702. The maximum Gasteiger partial charge on any atom is 0.312 e. The molecule has 2 unspecified atom stereocenters. The summed E-state index contributed by atoms with van der Waals surface area (Å²) in [6.45, 7) is 6.06. The van der Waals surface area contributed by atoms with E-state index in [1.807, 2.05) is 55.5 Å². The first kappa shape index (κ1) is 20.8. The molecule has 0 radical (unpaired) electrons. The van der Waals surface area contributed by atoms with Crippen molar-refractivity contribution in [1.82, 2.24) is 10.2 Å². The largest absolute Gasteiger partial charge is 0.452 e. The van der Waals surface area contributed by atoms with Crippen LogP contribution in [-0.2, 0) is 20.7 Å². The van der Waals surface area contributed by atoms with Gasteiger partial charge in [0, 0.05) is 24.2 Å². The average Bonchev–Trinajstić information content (AvgIpc) is 3.42. The monoisotopic (exact) mass is 419 g/mol. The van der Waals surface area contributed by atoms with E-state index in [2.05, 4.69) is 17.1 Å². The molecule has 1 aliphatic heterocycles. The molecule has 3 aromatic rings. The number of carbonyl (C=O) groups is 2. The van der Waals surface area contributed by atoms with Gasteiger partial charge in [0.25, 0.3) is 5.89 Å². The molecular formula is C24H25N3O4. The zero-order valence-electron chi connectivity index (χ0n) is 17.9. The fourth-order valence-corrected chi connectivity index (χ4v) is 3.56. The van der Waals surface area contributed by atoms with E-state index in [-0.39, 0.29) is 18.2 Å². The highest BCUT2D eigenvalue weighted by atomic mass is 16.6.